The lowest BCUT2D eigenvalue weighted by atomic mass is 10.2. The Balaban J connectivity index is 1.35. The summed E-state index contributed by atoms with van der Waals surface area (Å²) in [4.78, 5) is 12.8. The predicted octanol–water partition coefficient (Wildman–Crippen LogP) is 3.65. The molecule has 2 aromatic carbocycles. The molecule has 0 bridgehead atoms. The van der Waals surface area contributed by atoms with Gasteiger partial charge < -0.3 is 19.5 Å². The molecule has 32 heavy (non-hydrogen) atoms. The van der Waals surface area contributed by atoms with Gasteiger partial charge in [-0.3, -0.25) is 4.79 Å². The first-order valence-electron chi connectivity index (χ1n) is 10.6. The van der Waals surface area contributed by atoms with Crippen LogP contribution >= 0.6 is 11.6 Å². The van der Waals surface area contributed by atoms with Crippen molar-refractivity contribution in [3.05, 3.63) is 47.0 Å². The van der Waals surface area contributed by atoms with E-state index in [1.54, 1.807) is 18.2 Å². The standard InChI is InChI=1S/C22H23ClN2O6S/c23-17-5-3-15(13-20(17)32(27,28)25-9-11-29-12-10-25)21(26)24-16-4-6-18-19(14-16)31-22(30-18)7-1-2-8-22/h3-6,13-14H,1-2,7-12H2,(H,24,26). The van der Waals surface area contributed by atoms with Crippen LogP contribution in [0.25, 0.3) is 0 Å². The summed E-state index contributed by atoms with van der Waals surface area (Å²) in [5, 5.41) is 2.87. The van der Waals surface area contributed by atoms with E-state index < -0.39 is 21.7 Å². The second kappa shape index (κ2) is 8.22. The van der Waals surface area contributed by atoms with Crippen LogP contribution in [-0.4, -0.2) is 50.7 Å². The zero-order valence-corrected chi connectivity index (χ0v) is 18.9. The zero-order valence-electron chi connectivity index (χ0n) is 17.3. The summed E-state index contributed by atoms with van der Waals surface area (Å²) in [6.07, 6.45) is 3.80. The van der Waals surface area contributed by atoms with Crippen molar-refractivity contribution in [2.45, 2.75) is 36.4 Å². The molecule has 1 amide bonds. The van der Waals surface area contributed by atoms with Crippen LogP contribution in [0.1, 0.15) is 36.0 Å². The van der Waals surface area contributed by atoms with Crippen molar-refractivity contribution in [2.75, 3.05) is 31.6 Å². The van der Waals surface area contributed by atoms with Crippen molar-refractivity contribution in [3.63, 3.8) is 0 Å². The fourth-order valence-electron chi connectivity index (χ4n) is 4.26. The number of hydrogen-bond donors (Lipinski definition) is 1. The Morgan fingerprint density at radius 1 is 1.00 bits per heavy atom. The molecule has 2 heterocycles. The molecule has 2 aromatic rings. The number of anilines is 1. The van der Waals surface area contributed by atoms with Gasteiger partial charge in [0.1, 0.15) is 4.90 Å². The molecular formula is C22H23ClN2O6S. The topological polar surface area (TPSA) is 94.2 Å². The third-order valence-corrected chi connectivity index (χ3v) is 8.32. The van der Waals surface area contributed by atoms with Crippen molar-refractivity contribution in [2.24, 2.45) is 0 Å². The lowest BCUT2D eigenvalue weighted by Gasteiger charge is -2.26. The number of carbonyl (C=O) groups is 1. The molecule has 0 radical (unpaired) electrons. The van der Waals surface area contributed by atoms with Crippen molar-refractivity contribution in [1.82, 2.24) is 4.31 Å². The van der Waals surface area contributed by atoms with Crippen LogP contribution in [0, 0.1) is 0 Å². The number of halogens is 1. The summed E-state index contributed by atoms with van der Waals surface area (Å²) in [6, 6.07) is 9.46. The fraction of sp³-hybridized carbons (Fsp3) is 0.409. The van der Waals surface area contributed by atoms with E-state index in [9.17, 15) is 13.2 Å². The summed E-state index contributed by atoms with van der Waals surface area (Å²) < 4.78 is 44.6. The van der Waals surface area contributed by atoms with Crippen LogP contribution in [-0.2, 0) is 14.8 Å². The smallest absolute Gasteiger partial charge is 0.255 e. The second-order valence-corrected chi connectivity index (χ2v) is 10.4. The van der Waals surface area contributed by atoms with E-state index in [0.717, 1.165) is 25.7 Å². The molecule has 1 aliphatic carbocycles. The molecule has 1 spiro atoms. The van der Waals surface area contributed by atoms with E-state index in [0.29, 0.717) is 30.4 Å². The maximum atomic E-state index is 13.0. The number of fused-ring (bicyclic) bond motifs is 1. The zero-order chi connectivity index (χ0) is 22.3. The van der Waals surface area contributed by atoms with Gasteiger partial charge in [-0.25, -0.2) is 8.42 Å². The summed E-state index contributed by atoms with van der Waals surface area (Å²) in [7, 11) is -3.84. The highest BCUT2D eigenvalue weighted by atomic mass is 35.5. The maximum Gasteiger partial charge on any atom is 0.255 e. The Labute approximate surface area is 191 Å². The van der Waals surface area contributed by atoms with Crippen LogP contribution in [0.5, 0.6) is 11.5 Å². The second-order valence-electron chi connectivity index (χ2n) is 8.10. The summed E-state index contributed by atoms with van der Waals surface area (Å²) in [6.45, 7) is 1.13. The lowest BCUT2D eigenvalue weighted by molar-refractivity contribution is -0.0716. The minimum Gasteiger partial charge on any atom is -0.448 e. The van der Waals surface area contributed by atoms with Gasteiger partial charge in [0.25, 0.3) is 11.7 Å². The summed E-state index contributed by atoms with van der Waals surface area (Å²) in [5.74, 6) is 0.227. The molecule has 170 valence electrons. The Kier molecular flexibility index (Phi) is 5.53. The molecule has 0 unspecified atom stereocenters. The molecule has 5 rings (SSSR count). The van der Waals surface area contributed by atoms with Gasteiger partial charge >= 0.3 is 0 Å². The predicted molar refractivity (Wildman–Crippen MR) is 118 cm³/mol. The van der Waals surface area contributed by atoms with E-state index in [-0.39, 0.29) is 28.6 Å². The molecule has 2 fully saturated rings. The Morgan fingerprint density at radius 3 is 2.47 bits per heavy atom. The van der Waals surface area contributed by atoms with Crippen LogP contribution in [0.4, 0.5) is 5.69 Å². The molecule has 3 aliphatic rings. The quantitative estimate of drug-likeness (QED) is 0.720. The van der Waals surface area contributed by atoms with Gasteiger partial charge in [-0.2, -0.15) is 4.31 Å². The third-order valence-electron chi connectivity index (χ3n) is 5.94. The molecule has 2 aliphatic heterocycles. The minimum absolute atomic E-state index is 0.0676. The van der Waals surface area contributed by atoms with Crippen molar-refractivity contribution >= 4 is 33.2 Å². The molecule has 10 heteroatoms. The number of benzene rings is 2. The number of hydrogen-bond acceptors (Lipinski definition) is 6. The average Bonchev–Trinajstić information content (AvgIpc) is 3.39. The third kappa shape index (κ3) is 3.94. The Morgan fingerprint density at radius 2 is 1.72 bits per heavy atom. The molecule has 0 aromatic heterocycles. The van der Waals surface area contributed by atoms with Gasteiger partial charge in [0, 0.05) is 43.2 Å². The normalized spacial score (nSPS) is 19.9. The molecular weight excluding hydrogens is 456 g/mol. The first kappa shape index (κ1) is 21.5. The van der Waals surface area contributed by atoms with E-state index in [1.165, 1.54) is 22.5 Å². The lowest BCUT2D eigenvalue weighted by Crippen LogP contribution is -2.40. The number of rotatable bonds is 4. The van der Waals surface area contributed by atoms with Crippen LogP contribution in [0.15, 0.2) is 41.3 Å². The monoisotopic (exact) mass is 478 g/mol. The Hall–Kier alpha value is -2.33. The van der Waals surface area contributed by atoms with E-state index >= 15 is 0 Å². The molecule has 1 N–H and O–H groups in total. The highest BCUT2D eigenvalue weighted by Gasteiger charge is 2.44. The maximum absolute atomic E-state index is 13.0. The van der Waals surface area contributed by atoms with Crippen LogP contribution in [0.3, 0.4) is 0 Å². The molecule has 1 saturated heterocycles. The SMILES string of the molecule is O=C(Nc1ccc2c(c1)OC1(CCCC1)O2)c1ccc(Cl)c(S(=O)(=O)N2CCOCC2)c1. The number of ether oxygens (including phenoxy) is 3. The van der Waals surface area contributed by atoms with E-state index in [1.807, 2.05) is 0 Å². The van der Waals surface area contributed by atoms with Crippen molar-refractivity contribution < 1.29 is 27.4 Å². The number of nitrogens with one attached hydrogen (secondary N) is 1. The Bertz CT molecular complexity index is 1160. The van der Waals surface area contributed by atoms with Gasteiger partial charge in [-0.1, -0.05) is 11.6 Å². The number of morpholine rings is 1. The van der Waals surface area contributed by atoms with Gasteiger partial charge in [0.2, 0.25) is 10.0 Å². The largest absolute Gasteiger partial charge is 0.448 e. The number of amides is 1. The van der Waals surface area contributed by atoms with Gasteiger partial charge in [-0.15, -0.1) is 0 Å². The van der Waals surface area contributed by atoms with E-state index in [4.69, 9.17) is 25.8 Å². The van der Waals surface area contributed by atoms with Gasteiger partial charge in [0.05, 0.1) is 18.2 Å². The first-order valence-corrected chi connectivity index (χ1v) is 12.4. The van der Waals surface area contributed by atoms with Crippen molar-refractivity contribution in [1.29, 1.82) is 0 Å². The number of sulfonamides is 1. The number of nitrogens with zero attached hydrogens (tertiary/aromatic N) is 1. The highest BCUT2D eigenvalue weighted by Crippen LogP contribution is 2.47. The molecule has 0 atom stereocenters. The molecule has 1 saturated carbocycles. The van der Waals surface area contributed by atoms with Crippen LogP contribution < -0.4 is 14.8 Å². The van der Waals surface area contributed by atoms with Gasteiger partial charge in [-0.05, 0) is 43.2 Å². The summed E-state index contributed by atoms with van der Waals surface area (Å²) >= 11 is 6.19. The van der Waals surface area contributed by atoms with Crippen molar-refractivity contribution in [3.8, 4) is 11.5 Å². The first-order chi connectivity index (χ1) is 15.4. The number of carbonyl (C=O) groups excluding carboxylic acids is 1. The average molecular weight is 479 g/mol. The summed E-state index contributed by atoms with van der Waals surface area (Å²) in [5.41, 5.74) is 0.714. The minimum atomic E-state index is -3.84. The van der Waals surface area contributed by atoms with E-state index in [2.05, 4.69) is 5.32 Å². The van der Waals surface area contributed by atoms with Gasteiger partial charge in [0.15, 0.2) is 11.5 Å². The molecule has 8 nitrogen and oxygen atoms in total. The highest BCUT2D eigenvalue weighted by molar-refractivity contribution is 7.89. The van der Waals surface area contributed by atoms with Crippen LogP contribution in [0.2, 0.25) is 5.02 Å². The fourth-order valence-corrected chi connectivity index (χ4v) is 6.17.